The van der Waals surface area contributed by atoms with E-state index in [1.165, 1.54) is 18.4 Å². The minimum Gasteiger partial charge on any atom is -0.397 e. The van der Waals surface area contributed by atoms with Crippen LogP contribution in [0.2, 0.25) is 0 Å². The molecule has 1 heterocycles. The lowest BCUT2D eigenvalue weighted by molar-refractivity contribution is 0.485. The standard InChI is InChI=1S/C17H19N3S/c1-12-6-8-15(9-7-12)21-17-16(19)10-14(11-18)20(17)13-4-2-3-5-13/h6-10,13H,2-5,19H2,1H3. The number of rotatable bonds is 3. The lowest BCUT2D eigenvalue weighted by Gasteiger charge is -2.17. The third kappa shape index (κ3) is 2.79. The molecule has 21 heavy (non-hydrogen) atoms. The predicted molar refractivity (Wildman–Crippen MR) is 86.4 cm³/mol. The van der Waals surface area contributed by atoms with Gasteiger partial charge in [0, 0.05) is 10.9 Å². The van der Waals surface area contributed by atoms with Gasteiger partial charge < -0.3 is 10.3 Å². The summed E-state index contributed by atoms with van der Waals surface area (Å²) in [6.45, 7) is 2.08. The molecule has 3 rings (SSSR count). The van der Waals surface area contributed by atoms with Crippen LogP contribution in [0.5, 0.6) is 0 Å². The number of hydrogen-bond donors (Lipinski definition) is 1. The maximum absolute atomic E-state index is 9.38. The molecule has 0 bridgehead atoms. The topological polar surface area (TPSA) is 54.7 Å². The Balaban J connectivity index is 1.98. The van der Waals surface area contributed by atoms with Crippen LogP contribution in [0.1, 0.15) is 43.0 Å². The third-order valence-electron chi connectivity index (χ3n) is 4.06. The van der Waals surface area contributed by atoms with Crippen LogP contribution < -0.4 is 5.73 Å². The van der Waals surface area contributed by atoms with Crippen LogP contribution in [-0.2, 0) is 0 Å². The van der Waals surface area contributed by atoms with Gasteiger partial charge in [-0.3, -0.25) is 0 Å². The van der Waals surface area contributed by atoms with E-state index in [2.05, 4.69) is 41.8 Å². The Morgan fingerprint density at radius 3 is 2.52 bits per heavy atom. The zero-order valence-corrected chi connectivity index (χ0v) is 13.0. The molecule has 0 aliphatic heterocycles. The lowest BCUT2D eigenvalue weighted by atomic mass is 10.2. The molecule has 2 aromatic rings. The van der Waals surface area contributed by atoms with Crippen molar-refractivity contribution in [3.8, 4) is 6.07 Å². The number of benzene rings is 1. The van der Waals surface area contributed by atoms with Crippen molar-refractivity contribution < 1.29 is 0 Å². The van der Waals surface area contributed by atoms with E-state index in [0.717, 1.165) is 22.8 Å². The maximum atomic E-state index is 9.38. The molecule has 0 atom stereocenters. The summed E-state index contributed by atoms with van der Waals surface area (Å²) in [5.74, 6) is 0. The Hall–Kier alpha value is -1.86. The van der Waals surface area contributed by atoms with E-state index in [9.17, 15) is 5.26 Å². The zero-order valence-electron chi connectivity index (χ0n) is 12.2. The molecule has 2 N–H and O–H groups in total. The SMILES string of the molecule is Cc1ccc(Sc2c(N)cc(C#N)n2C2CCCC2)cc1. The molecular formula is C17H19N3S. The first kappa shape index (κ1) is 14.1. The van der Waals surface area contributed by atoms with Gasteiger partial charge in [-0.15, -0.1) is 0 Å². The molecule has 0 unspecified atom stereocenters. The number of aryl methyl sites for hydroxylation is 1. The second-order valence-corrected chi connectivity index (χ2v) is 6.69. The fourth-order valence-electron chi connectivity index (χ4n) is 2.96. The van der Waals surface area contributed by atoms with E-state index < -0.39 is 0 Å². The maximum Gasteiger partial charge on any atom is 0.123 e. The molecule has 4 heteroatoms. The van der Waals surface area contributed by atoms with Gasteiger partial charge in [-0.2, -0.15) is 5.26 Å². The van der Waals surface area contributed by atoms with Crippen molar-refractivity contribution in [1.29, 1.82) is 5.26 Å². The number of nitrogens with zero attached hydrogens (tertiary/aromatic N) is 2. The second-order valence-electron chi connectivity index (χ2n) is 5.63. The summed E-state index contributed by atoms with van der Waals surface area (Å²) in [6, 6.07) is 13.0. The average molecular weight is 297 g/mol. The molecule has 0 saturated heterocycles. The highest BCUT2D eigenvalue weighted by atomic mass is 32.2. The smallest absolute Gasteiger partial charge is 0.123 e. The van der Waals surface area contributed by atoms with Gasteiger partial charge in [-0.25, -0.2) is 0 Å². The number of nitriles is 1. The highest BCUT2D eigenvalue weighted by Crippen LogP contribution is 2.41. The first-order valence-corrected chi connectivity index (χ1v) is 8.16. The Morgan fingerprint density at radius 1 is 1.24 bits per heavy atom. The fraction of sp³-hybridized carbons (Fsp3) is 0.353. The molecule has 1 aromatic carbocycles. The zero-order chi connectivity index (χ0) is 14.8. The molecule has 1 aliphatic carbocycles. The summed E-state index contributed by atoms with van der Waals surface area (Å²) >= 11 is 1.66. The summed E-state index contributed by atoms with van der Waals surface area (Å²) in [4.78, 5) is 1.16. The van der Waals surface area contributed by atoms with Crippen molar-refractivity contribution in [3.05, 3.63) is 41.6 Å². The fourth-order valence-corrected chi connectivity index (χ4v) is 3.98. The first-order valence-electron chi connectivity index (χ1n) is 7.34. The van der Waals surface area contributed by atoms with Gasteiger partial charge in [0.2, 0.25) is 0 Å². The van der Waals surface area contributed by atoms with Crippen LogP contribution in [0.25, 0.3) is 0 Å². The Labute approximate surface area is 129 Å². The molecule has 108 valence electrons. The van der Waals surface area contributed by atoms with Gasteiger partial charge in [0.05, 0.1) is 5.69 Å². The van der Waals surface area contributed by atoms with Crippen LogP contribution in [-0.4, -0.2) is 4.57 Å². The first-order chi connectivity index (χ1) is 10.2. The number of aromatic nitrogens is 1. The monoisotopic (exact) mass is 297 g/mol. The van der Waals surface area contributed by atoms with Crippen molar-refractivity contribution >= 4 is 17.4 Å². The quantitative estimate of drug-likeness (QED) is 0.906. The minimum atomic E-state index is 0.421. The van der Waals surface area contributed by atoms with Crippen LogP contribution in [0, 0.1) is 18.3 Å². The van der Waals surface area contributed by atoms with Crippen molar-refractivity contribution in [1.82, 2.24) is 4.57 Å². The van der Waals surface area contributed by atoms with Gasteiger partial charge in [0.25, 0.3) is 0 Å². The van der Waals surface area contributed by atoms with Gasteiger partial charge in [0.1, 0.15) is 16.8 Å². The van der Waals surface area contributed by atoms with Crippen molar-refractivity contribution in [3.63, 3.8) is 0 Å². The molecular weight excluding hydrogens is 278 g/mol. The van der Waals surface area contributed by atoms with Crippen molar-refractivity contribution in [2.75, 3.05) is 5.73 Å². The number of nitrogens with two attached hydrogens (primary N) is 1. The molecule has 1 fully saturated rings. The van der Waals surface area contributed by atoms with Gasteiger partial charge in [-0.1, -0.05) is 42.3 Å². The second kappa shape index (κ2) is 5.87. The van der Waals surface area contributed by atoms with E-state index in [-0.39, 0.29) is 0 Å². The molecule has 1 aromatic heterocycles. The molecule has 0 amide bonds. The van der Waals surface area contributed by atoms with Crippen molar-refractivity contribution in [2.45, 2.75) is 48.6 Å². The van der Waals surface area contributed by atoms with E-state index in [1.807, 2.05) is 6.07 Å². The number of anilines is 1. The Morgan fingerprint density at radius 2 is 1.90 bits per heavy atom. The largest absolute Gasteiger partial charge is 0.397 e. The highest BCUT2D eigenvalue weighted by molar-refractivity contribution is 7.99. The van der Waals surface area contributed by atoms with Crippen LogP contribution in [0.3, 0.4) is 0 Å². The van der Waals surface area contributed by atoms with Gasteiger partial charge >= 0.3 is 0 Å². The number of nitrogen functional groups attached to an aromatic ring is 1. The highest BCUT2D eigenvalue weighted by Gasteiger charge is 2.24. The number of hydrogen-bond acceptors (Lipinski definition) is 3. The van der Waals surface area contributed by atoms with Crippen LogP contribution in [0.15, 0.2) is 40.3 Å². The summed E-state index contributed by atoms with van der Waals surface area (Å²) < 4.78 is 2.16. The van der Waals surface area contributed by atoms with Gasteiger partial charge in [0.15, 0.2) is 0 Å². The van der Waals surface area contributed by atoms with Crippen molar-refractivity contribution in [2.24, 2.45) is 0 Å². The summed E-state index contributed by atoms with van der Waals surface area (Å²) in [5, 5.41) is 10.4. The van der Waals surface area contributed by atoms with Crippen LogP contribution >= 0.6 is 11.8 Å². The summed E-state index contributed by atoms with van der Waals surface area (Å²) in [5.41, 5.74) is 8.82. The van der Waals surface area contributed by atoms with E-state index in [4.69, 9.17) is 5.73 Å². The van der Waals surface area contributed by atoms with E-state index in [1.54, 1.807) is 11.8 Å². The molecule has 1 aliphatic rings. The summed E-state index contributed by atoms with van der Waals surface area (Å²) in [6.07, 6.45) is 4.76. The van der Waals surface area contributed by atoms with Gasteiger partial charge in [-0.05, 0) is 38.0 Å². The van der Waals surface area contributed by atoms with Crippen LogP contribution in [0.4, 0.5) is 5.69 Å². The molecule has 0 radical (unpaired) electrons. The third-order valence-corrected chi connectivity index (χ3v) is 5.19. The Kier molecular flexibility index (Phi) is 3.94. The molecule has 1 saturated carbocycles. The molecule has 3 nitrogen and oxygen atoms in total. The predicted octanol–water partition coefficient (Wildman–Crippen LogP) is 4.52. The molecule has 0 spiro atoms. The Bertz CT molecular complexity index is 673. The van der Waals surface area contributed by atoms with E-state index in [0.29, 0.717) is 17.4 Å². The normalized spacial score (nSPS) is 15.2. The average Bonchev–Trinajstić information content (AvgIpc) is 3.10. The summed E-state index contributed by atoms with van der Waals surface area (Å²) in [7, 11) is 0. The minimum absolute atomic E-state index is 0.421. The van der Waals surface area contributed by atoms with E-state index >= 15 is 0 Å². The lowest BCUT2D eigenvalue weighted by Crippen LogP contribution is -2.08.